The molecule has 1 amide bonds. The van der Waals surface area contributed by atoms with Crippen LogP contribution in [0.15, 0.2) is 24.4 Å². The van der Waals surface area contributed by atoms with Gasteiger partial charge >= 0.3 is 0 Å². The van der Waals surface area contributed by atoms with Crippen LogP contribution in [-0.4, -0.2) is 16.7 Å². The molecule has 1 aromatic carbocycles. The first-order chi connectivity index (χ1) is 13.0. The fraction of sp³-hybridized carbons (Fsp3) is 0.450. The predicted molar refractivity (Wildman–Crippen MR) is 107 cm³/mol. The highest BCUT2D eigenvalue weighted by atomic mass is 32.1. The van der Waals surface area contributed by atoms with Crippen molar-refractivity contribution in [1.29, 1.82) is 0 Å². The molecule has 0 aliphatic heterocycles. The minimum absolute atomic E-state index is 0.188. The van der Waals surface area contributed by atoms with Crippen molar-refractivity contribution >= 4 is 23.0 Å². The number of Topliss-reactive ketones (excluding diaryl/α,β-unsaturated/α-hetero) is 1. The molecule has 156 valence electrons. The average Bonchev–Trinajstić information content (AvgIpc) is 3.04. The number of amides is 1. The van der Waals surface area contributed by atoms with Crippen LogP contribution < -0.4 is 5.73 Å². The summed E-state index contributed by atoms with van der Waals surface area (Å²) < 4.78 is 38.2. The highest BCUT2D eigenvalue weighted by molar-refractivity contribution is 7.16. The molecule has 0 saturated carbocycles. The molecule has 8 heteroatoms. The summed E-state index contributed by atoms with van der Waals surface area (Å²) in [5, 5.41) is 0.269. The number of rotatable bonds is 5. The number of primary amides is 1. The predicted octanol–water partition coefficient (Wildman–Crippen LogP) is 6.02. The molecular weight excluding hydrogens is 389 g/mol. The molecule has 1 aromatic heterocycles. The van der Waals surface area contributed by atoms with E-state index < -0.39 is 23.7 Å². The van der Waals surface area contributed by atoms with Crippen LogP contribution in [-0.2, 0) is 4.79 Å². The average molecular weight is 417 g/mol. The first-order valence-electron chi connectivity index (χ1n) is 8.85. The Morgan fingerprint density at radius 1 is 1.18 bits per heavy atom. The minimum atomic E-state index is -2.77. The number of hydrogen-bond acceptors (Lipinski definition) is 4. The summed E-state index contributed by atoms with van der Waals surface area (Å²) in [6.45, 7) is 9.96. The Hall–Kier alpha value is -2.22. The molecule has 0 unspecified atom stereocenters. The molecule has 2 N–H and O–H groups in total. The lowest BCUT2D eigenvalue weighted by molar-refractivity contribution is -0.117. The van der Waals surface area contributed by atoms with Crippen LogP contribution in [0.2, 0.25) is 0 Å². The minimum Gasteiger partial charge on any atom is -0.365 e. The third-order valence-electron chi connectivity index (χ3n) is 2.86. The molecule has 0 saturated heterocycles. The van der Waals surface area contributed by atoms with Crippen molar-refractivity contribution in [3.63, 3.8) is 0 Å². The monoisotopic (exact) mass is 416 g/mol. The van der Waals surface area contributed by atoms with Gasteiger partial charge in [-0.1, -0.05) is 34.1 Å². The zero-order valence-electron chi connectivity index (χ0n) is 16.8. The highest BCUT2D eigenvalue weighted by Gasteiger charge is 2.14. The molecule has 2 rings (SSSR count). The van der Waals surface area contributed by atoms with Crippen LogP contribution in [0.1, 0.15) is 69.1 Å². The Bertz CT molecular complexity index is 762. The number of nitrogens with two attached hydrogens (primary N) is 1. The van der Waals surface area contributed by atoms with E-state index in [1.165, 1.54) is 12.6 Å². The fourth-order valence-electron chi connectivity index (χ4n) is 1.96. The van der Waals surface area contributed by atoms with Crippen molar-refractivity contribution in [3.05, 3.63) is 40.7 Å². The van der Waals surface area contributed by atoms with E-state index in [0.29, 0.717) is 5.92 Å². The van der Waals surface area contributed by atoms with Crippen molar-refractivity contribution in [2.75, 3.05) is 0 Å². The van der Waals surface area contributed by atoms with Gasteiger partial charge < -0.3 is 10.5 Å². The second-order valence-corrected chi connectivity index (χ2v) is 7.51. The third kappa shape index (κ3) is 10.2. The SMILES string of the molecule is CC(=O)CC(C)C.CCC.NC(=O)c1cnc(-c2cc(F)cc(C(F)F)c2)s1. The van der Waals surface area contributed by atoms with Gasteiger partial charge in [0.2, 0.25) is 0 Å². The molecule has 0 fully saturated rings. The zero-order chi connectivity index (χ0) is 21.9. The molecule has 1 heterocycles. The van der Waals surface area contributed by atoms with Crippen molar-refractivity contribution in [2.45, 2.75) is 53.9 Å². The van der Waals surface area contributed by atoms with Crippen LogP contribution >= 0.6 is 11.3 Å². The maximum absolute atomic E-state index is 13.2. The molecular formula is C20H27F3N2O2S. The largest absolute Gasteiger partial charge is 0.365 e. The van der Waals surface area contributed by atoms with Crippen molar-refractivity contribution < 1.29 is 22.8 Å². The van der Waals surface area contributed by atoms with Crippen molar-refractivity contribution in [1.82, 2.24) is 4.98 Å². The number of benzene rings is 1. The van der Waals surface area contributed by atoms with Gasteiger partial charge in [0.15, 0.2) is 0 Å². The molecule has 4 nitrogen and oxygen atoms in total. The molecule has 0 aliphatic carbocycles. The first-order valence-corrected chi connectivity index (χ1v) is 9.67. The summed E-state index contributed by atoms with van der Waals surface area (Å²) in [5.74, 6) is -0.629. The van der Waals surface area contributed by atoms with Gasteiger partial charge in [0.1, 0.15) is 21.5 Å². The summed E-state index contributed by atoms with van der Waals surface area (Å²) >= 11 is 0.926. The Morgan fingerprint density at radius 2 is 1.75 bits per heavy atom. The zero-order valence-corrected chi connectivity index (χ0v) is 17.6. The van der Waals surface area contributed by atoms with Gasteiger partial charge in [0, 0.05) is 17.5 Å². The second kappa shape index (κ2) is 13.0. The van der Waals surface area contributed by atoms with Crippen molar-refractivity contribution in [2.24, 2.45) is 11.7 Å². The van der Waals surface area contributed by atoms with E-state index in [9.17, 15) is 22.8 Å². The molecule has 0 atom stereocenters. The first kappa shape index (κ1) is 25.8. The molecule has 0 spiro atoms. The lowest BCUT2D eigenvalue weighted by atomic mass is 10.1. The number of alkyl halides is 2. The lowest BCUT2D eigenvalue weighted by Crippen LogP contribution is -2.08. The molecule has 0 radical (unpaired) electrons. The Balaban J connectivity index is 0.000000612. The maximum atomic E-state index is 13.2. The molecule has 2 aromatic rings. The van der Waals surface area contributed by atoms with Gasteiger partial charge in [-0.25, -0.2) is 18.2 Å². The van der Waals surface area contributed by atoms with Gasteiger partial charge in [-0.15, -0.1) is 11.3 Å². The van der Waals surface area contributed by atoms with Gasteiger partial charge in [0.05, 0.1) is 6.20 Å². The molecule has 28 heavy (non-hydrogen) atoms. The number of aromatic nitrogens is 1. The quantitative estimate of drug-likeness (QED) is 0.647. The number of hydrogen-bond donors (Lipinski definition) is 1. The van der Waals surface area contributed by atoms with Gasteiger partial charge in [-0.05, 0) is 31.0 Å². The fourth-order valence-corrected chi connectivity index (χ4v) is 2.71. The Morgan fingerprint density at radius 3 is 2.11 bits per heavy atom. The summed E-state index contributed by atoms with van der Waals surface area (Å²) in [4.78, 5) is 25.2. The Labute approximate surface area is 168 Å². The number of carbonyl (C=O) groups is 2. The van der Waals surface area contributed by atoms with Crippen LogP contribution in [0.3, 0.4) is 0 Å². The molecule has 0 bridgehead atoms. The summed E-state index contributed by atoms with van der Waals surface area (Å²) in [7, 11) is 0. The smallest absolute Gasteiger partial charge is 0.263 e. The summed E-state index contributed by atoms with van der Waals surface area (Å²) in [5.41, 5.74) is 4.82. The Kier molecular flexibility index (Phi) is 12.0. The normalized spacial score (nSPS) is 10.1. The summed E-state index contributed by atoms with van der Waals surface area (Å²) in [6.07, 6.45) is 0.435. The number of nitrogens with zero attached hydrogens (tertiary/aromatic N) is 1. The molecule has 0 aliphatic rings. The van der Waals surface area contributed by atoms with E-state index in [2.05, 4.69) is 18.8 Å². The van der Waals surface area contributed by atoms with Crippen LogP contribution in [0.5, 0.6) is 0 Å². The van der Waals surface area contributed by atoms with E-state index in [1.807, 2.05) is 13.8 Å². The van der Waals surface area contributed by atoms with E-state index in [0.717, 1.165) is 36.0 Å². The highest BCUT2D eigenvalue weighted by Crippen LogP contribution is 2.29. The topological polar surface area (TPSA) is 73.1 Å². The number of ketones is 1. The number of halogens is 3. The standard InChI is InChI=1S/C11H7F3N2OS.C6H12O.C3H8/c12-7-2-5(9(13)14)1-6(3-7)11-16-4-8(18-11)10(15)17;1-5(2)4-6(3)7;1-3-2/h1-4,9H,(H2,15,17);5H,4H2,1-3H3;3H2,1-2H3. The van der Waals surface area contributed by atoms with Gasteiger partial charge in [-0.2, -0.15) is 0 Å². The lowest BCUT2D eigenvalue weighted by Gasteiger charge is -2.02. The van der Waals surface area contributed by atoms with Crippen molar-refractivity contribution in [3.8, 4) is 10.6 Å². The third-order valence-corrected chi connectivity index (χ3v) is 3.92. The number of thiazole rings is 1. The van der Waals surface area contributed by atoms with E-state index in [-0.39, 0.29) is 21.2 Å². The van der Waals surface area contributed by atoms with E-state index >= 15 is 0 Å². The maximum Gasteiger partial charge on any atom is 0.263 e. The second-order valence-electron chi connectivity index (χ2n) is 6.47. The number of carbonyl (C=O) groups excluding carboxylic acids is 2. The van der Waals surface area contributed by atoms with Crippen LogP contribution in [0.25, 0.3) is 10.6 Å². The van der Waals surface area contributed by atoms with Crippen LogP contribution in [0, 0.1) is 11.7 Å². The summed E-state index contributed by atoms with van der Waals surface area (Å²) in [6, 6.07) is 2.98. The van der Waals surface area contributed by atoms with Gasteiger partial charge in [0.25, 0.3) is 12.3 Å². The van der Waals surface area contributed by atoms with Gasteiger partial charge in [-0.3, -0.25) is 4.79 Å². The van der Waals surface area contributed by atoms with E-state index in [4.69, 9.17) is 5.73 Å². The van der Waals surface area contributed by atoms with E-state index in [1.54, 1.807) is 6.92 Å². The van der Waals surface area contributed by atoms with Crippen LogP contribution in [0.4, 0.5) is 13.2 Å².